The molecule has 0 spiro atoms. The van der Waals surface area contributed by atoms with E-state index < -0.39 is 22.8 Å². The monoisotopic (exact) mass is 504 g/mol. The Bertz CT molecular complexity index is 1530. The van der Waals surface area contributed by atoms with Crippen molar-refractivity contribution < 1.29 is 24.2 Å². The van der Waals surface area contributed by atoms with E-state index in [4.69, 9.17) is 5.11 Å². The van der Waals surface area contributed by atoms with Gasteiger partial charge in [-0.3, -0.25) is 23.9 Å². The number of nitrogens with one attached hydrogen (secondary N) is 1. The number of nitrogens with zero attached hydrogens (tertiary/aromatic N) is 3. The number of aliphatic hydroxyl groups is 1. The van der Waals surface area contributed by atoms with Crippen LogP contribution < -0.4 is 10.9 Å². The van der Waals surface area contributed by atoms with Crippen molar-refractivity contribution in [2.24, 2.45) is 0 Å². The average molecular weight is 505 g/mol. The van der Waals surface area contributed by atoms with E-state index in [0.717, 1.165) is 5.56 Å². The number of hydrogen-bond donors (Lipinski definition) is 3. The summed E-state index contributed by atoms with van der Waals surface area (Å²) in [6, 6.07) is 13.9. The first-order valence-electron chi connectivity index (χ1n) is 11.4. The van der Waals surface area contributed by atoms with Gasteiger partial charge in [0.1, 0.15) is 16.9 Å². The third-order valence-electron chi connectivity index (χ3n) is 5.77. The molecular weight excluding hydrogens is 479 g/mol. The van der Waals surface area contributed by atoms with E-state index in [9.17, 15) is 23.9 Å². The highest BCUT2D eigenvalue weighted by molar-refractivity contribution is 6.01. The summed E-state index contributed by atoms with van der Waals surface area (Å²) in [7, 11) is 3.25. The summed E-state index contributed by atoms with van der Waals surface area (Å²) in [4.78, 5) is 44.4. The molecule has 0 saturated heterocycles. The van der Waals surface area contributed by atoms with Gasteiger partial charge in [-0.05, 0) is 60.0 Å². The maximum atomic E-state index is 13.6. The number of amides is 2. The molecule has 0 saturated carbocycles. The van der Waals surface area contributed by atoms with Crippen molar-refractivity contribution in [1.82, 2.24) is 19.8 Å². The van der Waals surface area contributed by atoms with Crippen LogP contribution in [0.5, 0.6) is 5.75 Å². The summed E-state index contributed by atoms with van der Waals surface area (Å²) in [5, 5.41) is 22.3. The molecule has 2 aromatic heterocycles. The van der Waals surface area contributed by atoms with Crippen LogP contribution in [-0.2, 0) is 6.42 Å². The Morgan fingerprint density at radius 1 is 1.05 bits per heavy atom. The Balaban J connectivity index is 1.91. The van der Waals surface area contributed by atoms with Crippen molar-refractivity contribution >= 4 is 22.8 Å². The summed E-state index contributed by atoms with van der Waals surface area (Å²) in [5.41, 5.74) is 1.19. The zero-order valence-corrected chi connectivity index (χ0v) is 20.2. The number of aliphatic hydroxyl groups excluding tert-OH is 1. The van der Waals surface area contributed by atoms with Crippen LogP contribution in [0.2, 0.25) is 0 Å². The molecule has 0 aliphatic carbocycles. The van der Waals surface area contributed by atoms with E-state index in [-0.39, 0.29) is 35.9 Å². The van der Waals surface area contributed by atoms with E-state index in [0.29, 0.717) is 23.2 Å². The highest BCUT2D eigenvalue weighted by atomic mass is 19.1. The van der Waals surface area contributed by atoms with E-state index in [2.05, 4.69) is 10.3 Å². The van der Waals surface area contributed by atoms with Crippen LogP contribution in [0.1, 0.15) is 31.8 Å². The largest absolute Gasteiger partial charge is 0.505 e. The van der Waals surface area contributed by atoms with Crippen molar-refractivity contribution in [2.75, 3.05) is 27.2 Å². The van der Waals surface area contributed by atoms with Gasteiger partial charge >= 0.3 is 0 Å². The number of benzene rings is 2. The second-order valence-electron chi connectivity index (χ2n) is 8.60. The summed E-state index contributed by atoms with van der Waals surface area (Å²) in [5.74, 6) is -2.02. The Hall–Kier alpha value is -4.57. The fourth-order valence-electron chi connectivity index (χ4n) is 3.95. The number of rotatable bonds is 7. The molecule has 0 aliphatic heterocycles. The Morgan fingerprint density at radius 3 is 2.35 bits per heavy atom. The zero-order chi connectivity index (χ0) is 26.7. The van der Waals surface area contributed by atoms with Crippen LogP contribution in [0.4, 0.5) is 4.39 Å². The molecule has 0 atom stereocenters. The predicted octanol–water partition coefficient (Wildman–Crippen LogP) is 2.25. The maximum absolute atomic E-state index is 13.6. The number of fused-ring (bicyclic) bond motifs is 1. The molecule has 9 nitrogen and oxygen atoms in total. The van der Waals surface area contributed by atoms with Crippen molar-refractivity contribution in [3.63, 3.8) is 0 Å². The normalized spacial score (nSPS) is 10.9. The van der Waals surface area contributed by atoms with Gasteiger partial charge in [0.05, 0.1) is 12.1 Å². The second-order valence-corrected chi connectivity index (χ2v) is 8.60. The van der Waals surface area contributed by atoms with Gasteiger partial charge in [-0.1, -0.05) is 12.1 Å². The third-order valence-corrected chi connectivity index (χ3v) is 5.77. The smallest absolute Gasteiger partial charge is 0.272 e. The molecule has 0 aliphatic rings. The van der Waals surface area contributed by atoms with Crippen LogP contribution in [-0.4, -0.2) is 63.7 Å². The summed E-state index contributed by atoms with van der Waals surface area (Å²) in [6.45, 7) is -0.457. The lowest BCUT2D eigenvalue weighted by Crippen LogP contribution is -2.34. The minimum Gasteiger partial charge on any atom is -0.505 e. The van der Waals surface area contributed by atoms with Crippen LogP contribution >= 0.6 is 0 Å². The molecule has 0 unspecified atom stereocenters. The van der Waals surface area contributed by atoms with Gasteiger partial charge < -0.3 is 20.4 Å². The third kappa shape index (κ3) is 5.19. The fraction of sp³-hybridized carbons (Fsp3) is 0.185. The molecule has 0 radical (unpaired) electrons. The van der Waals surface area contributed by atoms with Crippen molar-refractivity contribution in [1.29, 1.82) is 0 Å². The lowest BCUT2D eigenvalue weighted by atomic mass is 10.0. The first-order valence-corrected chi connectivity index (χ1v) is 11.4. The highest BCUT2D eigenvalue weighted by Crippen LogP contribution is 2.28. The molecular formula is C27H25FN4O5. The molecule has 2 aromatic carbocycles. The topological polar surface area (TPSA) is 125 Å². The van der Waals surface area contributed by atoms with E-state index in [1.807, 2.05) is 0 Å². The first-order chi connectivity index (χ1) is 17.7. The molecule has 3 N–H and O–H groups in total. The average Bonchev–Trinajstić information content (AvgIpc) is 2.88. The number of aromatic hydroxyl groups is 1. The van der Waals surface area contributed by atoms with Crippen molar-refractivity contribution in [2.45, 2.75) is 6.42 Å². The summed E-state index contributed by atoms with van der Waals surface area (Å²) in [6.07, 6.45) is 1.89. The Kier molecular flexibility index (Phi) is 7.30. The molecule has 0 fully saturated rings. The molecule has 10 heteroatoms. The lowest BCUT2D eigenvalue weighted by molar-refractivity contribution is 0.0827. The number of pyridine rings is 2. The number of halogens is 1. The zero-order valence-electron chi connectivity index (χ0n) is 20.2. The van der Waals surface area contributed by atoms with E-state index in [1.54, 1.807) is 56.6 Å². The van der Waals surface area contributed by atoms with Gasteiger partial charge in [0.25, 0.3) is 17.4 Å². The van der Waals surface area contributed by atoms with Gasteiger partial charge in [-0.25, -0.2) is 4.39 Å². The number of carbonyl (C=O) groups is 2. The molecule has 37 heavy (non-hydrogen) atoms. The number of carbonyl (C=O) groups excluding carboxylic acids is 2. The van der Waals surface area contributed by atoms with Gasteiger partial charge in [0.2, 0.25) is 0 Å². The van der Waals surface area contributed by atoms with Gasteiger partial charge in [-0.2, -0.15) is 0 Å². The van der Waals surface area contributed by atoms with E-state index >= 15 is 0 Å². The van der Waals surface area contributed by atoms with Gasteiger partial charge in [0.15, 0.2) is 5.75 Å². The van der Waals surface area contributed by atoms with Gasteiger partial charge in [-0.15, -0.1) is 0 Å². The predicted molar refractivity (Wildman–Crippen MR) is 136 cm³/mol. The molecule has 4 rings (SSSR count). The molecule has 2 amide bonds. The standard InChI is InChI=1S/C27H25FN4O5/c1-31(2)26(36)18-5-9-20(10-6-18)32-21-14-17(13-16-3-7-19(28)8-4-16)15-30-23(21)24(34)22(27(32)37)25(35)29-11-12-33/h3-10,14-15,33-34H,11-13H2,1-2H3,(H,29,35). The molecule has 2 heterocycles. The van der Waals surface area contributed by atoms with Crippen LogP contribution in [0.3, 0.4) is 0 Å². The maximum Gasteiger partial charge on any atom is 0.272 e. The highest BCUT2D eigenvalue weighted by Gasteiger charge is 2.24. The molecule has 4 aromatic rings. The minimum absolute atomic E-state index is 0.0186. The van der Waals surface area contributed by atoms with Crippen LogP contribution in [0.15, 0.2) is 65.6 Å². The molecule has 0 bridgehead atoms. The second kappa shape index (κ2) is 10.6. The quantitative estimate of drug-likeness (QED) is 0.355. The fourth-order valence-corrected chi connectivity index (χ4v) is 3.95. The number of aromatic nitrogens is 2. The SMILES string of the molecule is CN(C)C(=O)c1ccc(-n2c(=O)c(C(=O)NCCO)c(O)c3ncc(Cc4ccc(F)cc4)cc32)cc1. The number of hydrogen-bond acceptors (Lipinski definition) is 6. The first kappa shape index (κ1) is 25.5. The van der Waals surface area contributed by atoms with Gasteiger partial charge in [0, 0.05) is 38.1 Å². The minimum atomic E-state index is -0.858. The Morgan fingerprint density at radius 2 is 1.73 bits per heavy atom. The van der Waals surface area contributed by atoms with Crippen molar-refractivity contribution in [3.8, 4) is 11.4 Å². The van der Waals surface area contributed by atoms with Crippen LogP contribution in [0.25, 0.3) is 16.7 Å². The Labute approximate surface area is 211 Å². The lowest BCUT2D eigenvalue weighted by Gasteiger charge is -2.16. The summed E-state index contributed by atoms with van der Waals surface area (Å²) < 4.78 is 14.6. The van der Waals surface area contributed by atoms with E-state index in [1.165, 1.54) is 27.8 Å². The van der Waals surface area contributed by atoms with Crippen LogP contribution in [0, 0.1) is 5.82 Å². The summed E-state index contributed by atoms with van der Waals surface area (Å²) >= 11 is 0. The molecule has 190 valence electrons. The van der Waals surface area contributed by atoms with Crippen molar-refractivity contribution in [3.05, 3.63) is 99.2 Å².